The van der Waals surface area contributed by atoms with Gasteiger partial charge in [-0.3, -0.25) is 9.59 Å². The molecule has 5 nitrogen and oxygen atoms in total. The first-order valence-corrected chi connectivity index (χ1v) is 7.52. The molecule has 122 valence electrons. The van der Waals surface area contributed by atoms with Crippen LogP contribution in [0.3, 0.4) is 0 Å². The summed E-state index contributed by atoms with van der Waals surface area (Å²) in [6, 6.07) is 1.80. The average molecular weight is 316 g/mol. The van der Waals surface area contributed by atoms with Gasteiger partial charge in [0, 0.05) is 11.0 Å². The summed E-state index contributed by atoms with van der Waals surface area (Å²) in [5.74, 6) is 0.120. The van der Waals surface area contributed by atoms with E-state index in [2.05, 4.69) is 0 Å². The number of rotatable bonds is 2. The van der Waals surface area contributed by atoms with Crippen molar-refractivity contribution in [3.8, 4) is 11.5 Å². The standard InChI is InChI=1S/C18H20O5/c1-8-7-10(21-5)16(22-6)12-11(8)17-13(15(20)14(12)19)18(3,4)9(2)23-17/h7,9H,1-6H3/t9-/m0/s1. The van der Waals surface area contributed by atoms with Crippen LogP contribution < -0.4 is 9.47 Å². The van der Waals surface area contributed by atoms with E-state index in [0.717, 1.165) is 5.56 Å². The maximum Gasteiger partial charge on any atom is 0.237 e. The third kappa shape index (κ3) is 1.85. The number of aryl methyl sites for hydroxylation is 1. The van der Waals surface area contributed by atoms with Gasteiger partial charge < -0.3 is 14.2 Å². The molecular weight excluding hydrogens is 296 g/mol. The molecule has 1 aliphatic carbocycles. The molecule has 2 aliphatic rings. The zero-order valence-electron chi connectivity index (χ0n) is 14.2. The summed E-state index contributed by atoms with van der Waals surface area (Å²) in [6.45, 7) is 7.62. The number of Topliss-reactive ketones (excluding diaryl/α,β-unsaturated/α-hetero) is 2. The Morgan fingerprint density at radius 1 is 1.09 bits per heavy atom. The van der Waals surface area contributed by atoms with E-state index in [0.29, 0.717) is 22.6 Å². The van der Waals surface area contributed by atoms with E-state index in [1.54, 1.807) is 6.07 Å². The Morgan fingerprint density at radius 2 is 1.74 bits per heavy atom. The number of ketones is 2. The lowest BCUT2D eigenvalue weighted by atomic mass is 9.73. The minimum absolute atomic E-state index is 0.192. The van der Waals surface area contributed by atoms with Gasteiger partial charge in [0.1, 0.15) is 11.9 Å². The molecule has 0 saturated carbocycles. The van der Waals surface area contributed by atoms with Crippen LogP contribution in [0, 0.1) is 12.3 Å². The van der Waals surface area contributed by atoms with Gasteiger partial charge in [-0.1, -0.05) is 13.8 Å². The minimum atomic E-state index is -0.566. The fourth-order valence-electron chi connectivity index (χ4n) is 3.32. The maximum atomic E-state index is 12.8. The molecule has 1 atom stereocenters. The quantitative estimate of drug-likeness (QED) is 0.785. The number of benzene rings is 1. The van der Waals surface area contributed by atoms with Crippen molar-refractivity contribution in [1.82, 2.24) is 0 Å². The molecule has 0 radical (unpaired) electrons. The molecule has 0 fully saturated rings. The molecule has 3 rings (SSSR count). The Hall–Kier alpha value is -2.30. The van der Waals surface area contributed by atoms with Crippen molar-refractivity contribution in [1.29, 1.82) is 0 Å². The number of carbonyl (C=O) groups is 2. The molecule has 5 heteroatoms. The van der Waals surface area contributed by atoms with E-state index in [1.807, 2.05) is 27.7 Å². The van der Waals surface area contributed by atoms with Gasteiger partial charge >= 0.3 is 0 Å². The van der Waals surface area contributed by atoms with Crippen molar-refractivity contribution in [2.45, 2.75) is 33.8 Å². The molecule has 0 bridgehead atoms. The van der Waals surface area contributed by atoms with E-state index >= 15 is 0 Å². The number of fused-ring (bicyclic) bond motifs is 2. The molecule has 0 amide bonds. The van der Waals surface area contributed by atoms with Crippen LogP contribution in [0.15, 0.2) is 11.6 Å². The van der Waals surface area contributed by atoms with Crippen LogP contribution in [-0.2, 0) is 9.53 Å². The second-order valence-electron chi connectivity index (χ2n) is 6.52. The topological polar surface area (TPSA) is 61.8 Å². The fourth-order valence-corrected chi connectivity index (χ4v) is 3.32. The van der Waals surface area contributed by atoms with E-state index < -0.39 is 17.0 Å². The van der Waals surface area contributed by atoms with Crippen molar-refractivity contribution in [2.24, 2.45) is 5.41 Å². The van der Waals surface area contributed by atoms with Crippen LogP contribution in [0.2, 0.25) is 0 Å². The molecular formula is C18H20O5. The van der Waals surface area contributed by atoms with Crippen molar-refractivity contribution >= 4 is 17.3 Å². The van der Waals surface area contributed by atoms with Crippen LogP contribution in [0.1, 0.15) is 42.3 Å². The molecule has 1 aliphatic heterocycles. The lowest BCUT2D eigenvalue weighted by Gasteiger charge is -2.25. The zero-order chi connectivity index (χ0) is 17.1. The molecule has 23 heavy (non-hydrogen) atoms. The van der Waals surface area contributed by atoms with Gasteiger partial charge in [-0.05, 0) is 25.5 Å². The van der Waals surface area contributed by atoms with E-state index in [4.69, 9.17) is 14.2 Å². The highest BCUT2D eigenvalue weighted by molar-refractivity contribution is 6.53. The van der Waals surface area contributed by atoms with Crippen LogP contribution in [0.4, 0.5) is 0 Å². The number of carbonyl (C=O) groups excluding carboxylic acids is 2. The summed E-state index contributed by atoms with van der Waals surface area (Å²) >= 11 is 0. The summed E-state index contributed by atoms with van der Waals surface area (Å²) in [5.41, 5.74) is 1.63. The van der Waals surface area contributed by atoms with E-state index in [9.17, 15) is 9.59 Å². The van der Waals surface area contributed by atoms with Crippen LogP contribution in [-0.4, -0.2) is 31.9 Å². The minimum Gasteiger partial charge on any atom is -0.493 e. The van der Waals surface area contributed by atoms with Gasteiger partial charge in [-0.25, -0.2) is 0 Å². The van der Waals surface area contributed by atoms with Gasteiger partial charge in [0.25, 0.3) is 0 Å². The highest BCUT2D eigenvalue weighted by Gasteiger charge is 2.51. The zero-order valence-corrected chi connectivity index (χ0v) is 14.2. The molecule has 0 unspecified atom stereocenters. The van der Waals surface area contributed by atoms with Gasteiger partial charge in [0.15, 0.2) is 11.5 Å². The predicted octanol–water partition coefficient (Wildman–Crippen LogP) is 2.93. The molecule has 1 aromatic carbocycles. The Bertz CT molecular complexity index is 770. The van der Waals surface area contributed by atoms with E-state index in [-0.39, 0.29) is 17.4 Å². The van der Waals surface area contributed by atoms with E-state index in [1.165, 1.54) is 14.2 Å². The second-order valence-corrected chi connectivity index (χ2v) is 6.52. The van der Waals surface area contributed by atoms with Crippen LogP contribution in [0.5, 0.6) is 11.5 Å². The predicted molar refractivity (Wildman–Crippen MR) is 84.9 cm³/mol. The Morgan fingerprint density at radius 3 is 2.30 bits per heavy atom. The second kappa shape index (κ2) is 4.85. The van der Waals surface area contributed by atoms with Crippen LogP contribution >= 0.6 is 0 Å². The third-order valence-corrected chi connectivity index (χ3v) is 4.94. The number of methoxy groups -OCH3 is 2. The normalized spacial score (nSPS) is 21.7. The first kappa shape index (κ1) is 15.6. The summed E-state index contributed by atoms with van der Waals surface area (Å²) in [6.07, 6.45) is -0.192. The molecule has 0 aromatic heterocycles. The van der Waals surface area contributed by atoms with Gasteiger partial charge in [-0.2, -0.15) is 0 Å². The average Bonchev–Trinajstić information content (AvgIpc) is 2.73. The highest BCUT2D eigenvalue weighted by Crippen LogP contribution is 2.52. The SMILES string of the molecule is COc1cc(C)c2c(c1OC)C(=O)C(=O)C1=C2O[C@@H](C)C1(C)C. The first-order valence-electron chi connectivity index (χ1n) is 7.52. The number of hydrogen-bond acceptors (Lipinski definition) is 5. The van der Waals surface area contributed by atoms with Crippen molar-refractivity contribution in [3.63, 3.8) is 0 Å². The largest absolute Gasteiger partial charge is 0.493 e. The molecule has 0 N–H and O–H groups in total. The Balaban J connectivity index is 2.41. The molecule has 0 spiro atoms. The summed E-state index contributed by atoms with van der Waals surface area (Å²) in [7, 11) is 2.96. The third-order valence-electron chi connectivity index (χ3n) is 4.94. The fraction of sp³-hybridized carbons (Fsp3) is 0.444. The molecule has 1 heterocycles. The van der Waals surface area contributed by atoms with Gasteiger partial charge in [0.2, 0.25) is 11.6 Å². The molecule has 0 saturated heterocycles. The smallest absolute Gasteiger partial charge is 0.237 e. The van der Waals surface area contributed by atoms with Gasteiger partial charge in [0.05, 0.1) is 25.4 Å². The number of hydrogen-bond donors (Lipinski definition) is 0. The lowest BCUT2D eigenvalue weighted by molar-refractivity contribution is -0.112. The van der Waals surface area contributed by atoms with Crippen LogP contribution in [0.25, 0.3) is 5.76 Å². The monoisotopic (exact) mass is 316 g/mol. The summed E-state index contributed by atoms with van der Waals surface area (Å²) in [4.78, 5) is 25.5. The maximum absolute atomic E-state index is 12.8. The Labute approximate surface area is 135 Å². The van der Waals surface area contributed by atoms with Crippen molar-refractivity contribution < 1.29 is 23.8 Å². The number of ether oxygens (including phenoxy) is 3. The lowest BCUT2D eigenvalue weighted by Crippen LogP contribution is -2.32. The van der Waals surface area contributed by atoms with Crippen molar-refractivity contribution in [2.75, 3.05) is 14.2 Å². The Kier molecular flexibility index (Phi) is 3.29. The van der Waals surface area contributed by atoms with Crippen molar-refractivity contribution in [3.05, 3.63) is 28.3 Å². The summed E-state index contributed by atoms with van der Waals surface area (Å²) < 4.78 is 16.6. The first-order chi connectivity index (χ1) is 10.8. The summed E-state index contributed by atoms with van der Waals surface area (Å²) in [5, 5.41) is 0. The highest BCUT2D eigenvalue weighted by atomic mass is 16.5. The molecule has 1 aromatic rings. The van der Waals surface area contributed by atoms with Gasteiger partial charge in [-0.15, -0.1) is 0 Å².